The lowest BCUT2D eigenvalue weighted by atomic mass is 10.2. The van der Waals surface area contributed by atoms with Crippen LogP contribution in [0.2, 0.25) is 0 Å². The number of nitrogens with one attached hydrogen (secondary N) is 1. The molecule has 0 aliphatic rings. The van der Waals surface area contributed by atoms with Gasteiger partial charge in [0.2, 0.25) is 5.82 Å². The fourth-order valence-corrected chi connectivity index (χ4v) is 3.70. The van der Waals surface area contributed by atoms with Crippen LogP contribution in [0.4, 0.5) is 5.13 Å². The average molecular weight is 445 g/mol. The topological polar surface area (TPSA) is 94.3 Å². The molecule has 3 heterocycles. The van der Waals surface area contributed by atoms with Gasteiger partial charge in [0.05, 0.1) is 17.3 Å². The van der Waals surface area contributed by atoms with E-state index in [2.05, 4.69) is 41.3 Å². The monoisotopic (exact) mass is 444 g/mol. The molecule has 0 aliphatic carbocycles. The van der Waals surface area contributed by atoms with Crippen molar-refractivity contribution in [2.24, 2.45) is 0 Å². The summed E-state index contributed by atoms with van der Waals surface area (Å²) in [7, 11) is 1.61. The number of ether oxygens (including phenoxy) is 1. The third-order valence-corrected chi connectivity index (χ3v) is 5.18. The van der Waals surface area contributed by atoms with Crippen molar-refractivity contribution in [1.82, 2.24) is 24.6 Å². The molecule has 10 heteroatoms. The summed E-state index contributed by atoms with van der Waals surface area (Å²) in [5.41, 5.74) is 2.50. The van der Waals surface area contributed by atoms with Gasteiger partial charge in [0, 0.05) is 22.8 Å². The van der Waals surface area contributed by atoms with Gasteiger partial charge in [-0.25, -0.2) is 14.5 Å². The molecule has 4 aromatic rings. The highest BCUT2D eigenvalue weighted by molar-refractivity contribution is 9.10. The van der Waals surface area contributed by atoms with E-state index in [0.717, 1.165) is 27.2 Å². The van der Waals surface area contributed by atoms with Crippen LogP contribution in [0, 0.1) is 6.92 Å². The van der Waals surface area contributed by atoms with E-state index in [1.165, 1.54) is 15.9 Å². The lowest BCUT2D eigenvalue weighted by Gasteiger charge is -2.04. The lowest BCUT2D eigenvalue weighted by Crippen LogP contribution is -2.13. The number of carbonyl (C=O) groups is 1. The number of nitrogens with zero attached hydrogens (tertiary/aromatic N) is 5. The molecule has 4 rings (SSSR count). The van der Waals surface area contributed by atoms with E-state index >= 15 is 0 Å². The number of fused-ring (bicyclic) bond motifs is 1. The second kappa shape index (κ2) is 7.05. The van der Waals surface area contributed by atoms with Gasteiger partial charge in [-0.05, 0) is 47.1 Å². The number of amides is 1. The van der Waals surface area contributed by atoms with Gasteiger partial charge in [-0.1, -0.05) is 0 Å². The molecule has 1 amide bonds. The largest absolute Gasteiger partial charge is 0.496 e. The number of anilines is 1. The molecule has 0 spiro atoms. The normalized spacial score (nSPS) is 10.9. The Morgan fingerprint density at radius 2 is 2.15 bits per heavy atom. The molecular formula is C17H13BrN6O2S. The van der Waals surface area contributed by atoms with Crippen LogP contribution in [0.1, 0.15) is 16.3 Å². The highest BCUT2D eigenvalue weighted by Gasteiger charge is 2.16. The number of methoxy groups -OCH3 is 1. The number of hydrogen-bond donors (Lipinski definition) is 1. The standard InChI is InChI=1S/C17H13BrN6O2S/c1-9-5-6-19-16-21-14(23-24(9)16)15(25)22-17-20-12(8-27-17)10-3-4-13(26-2)11(18)7-10/h3-8H,1-2H3,(H,20,22,25). The Kier molecular flexibility index (Phi) is 4.58. The number of halogens is 1. The maximum atomic E-state index is 12.4. The summed E-state index contributed by atoms with van der Waals surface area (Å²) in [6, 6.07) is 7.47. The number of thiazole rings is 1. The van der Waals surface area contributed by atoms with Crippen molar-refractivity contribution in [1.29, 1.82) is 0 Å². The molecule has 27 heavy (non-hydrogen) atoms. The first-order valence-corrected chi connectivity index (χ1v) is 9.51. The summed E-state index contributed by atoms with van der Waals surface area (Å²) in [5, 5.41) is 9.25. The fraction of sp³-hybridized carbons (Fsp3) is 0.118. The smallest absolute Gasteiger partial charge is 0.297 e. The Balaban J connectivity index is 1.55. The number of carbonyl (C=O) groups excluding carboxylic acids is 1. The first-order chi connectivity index (χ1) is 13.0. The van der Waals surface area contributed by atoms with Crippen molar-refractivity contribution >= 4 is 44.1 Å². The Labute approximate surface area is 166 Å². The molecule has 0 unspecified atom stereocenters. The third-order valence-electron chi connectivity index (χ3n) is 3.81. The molecule has 8 nitrogen and oxygen atoms in total. The van der Waals surface area contributed by atoms with Crippen LogP contribution in [-0.4, -0.2) is 37.6 Å². The SMILES string of the molecule is COc1ccc(-c2csc(NC(=O)c3nc4nccc(C)n4n3)n2)cc1Br. The Morgan fingerprint density at radius 3 is 2.89 bits per heavy atom. The zero-order valence-corrected chi connectivity index (χ0v) is 16.7. The van der Waals surface area contributed by atoms with Gasteiger partial charge in [0.15, 0.2) is 5.13 Å². The van der Waals surface area contributed by atoms with Crippen molar-refractivity contribution < 1.29 is 9.53 Å². The summed E-state index contributed by atoms with van der Waals surface area (Å²) >= 11 is 4.79. The quantitative estimate of drug-likeness (QED) is 0.516. The second-order valence-electron chi connectivity index (χ2n) is 5.57. The summed E-state index contributed by atoms with van der Waals surface area (Å²) in [5.74, 6) is 0.727. The van der Waals surface area contributed by atoms with Crippen LogP contribution in [0.25, 0.3) is 17.0 Å². The predicted molar refractivity (Wildman–Crippen MR) is 105 cm³/mol. The summed E-state index contributed by atoms with van der Waals surface area (Å²) in [6.07, 6.45) is 1.63. The molecule has 0 fully saturated rings. The van der Waals surface area contributed by atoms with E-state index in [4.69, 9.17) is 4.74 Å². The first kappa shape index (κ1) is 17.6. The number of aryl methyl sites for hydroxylation is 1. The van der Waals surface area contributed by atoms with E-state index in [0.29, 0.717) is 10.9 Å². The van der Waals surface area contributed by atoms with Crippen molar-refractivity contribution in [2.75, 3.05) is 12.4 Å². The number of aromatic nitrogens is 5. The van der Waals surface area contributed by atoms with Crippen molar-refractivity contribution in [2.45, 2.75) is 6.92 Å². The molecule has 0 saturated carbocycles. The van der Waals surface area contributed by atoms with Gasteiger partial charge in [-0.2, -0.15) is 4.98 Å². The Morgan fingerprint density at radius 1 is 1.30 bits per heavy atom. The molecule has 1 N–H and O–H groups in total. The minimum atomic E-state index is -0.434. The minimum Gasteiger partial charge on any atom is -0.496 e. The van der Waals surface area contributed by atoms with Gasteiger partial charge < -0.3 is 4.74 Å². The van der Waals surface area contributed by atoms with Crippen LogP contribution in [0.15, 0.2) is 40.3 Å². The highest BCUT2D eigenvalue weighted by Crippen LogP contribution is 2.32. The average Bonchev–Trinajstić information content (AvgIpc) is 3.29. The Hall–Kier alpha value is -2.85. The Bertz CT molecular complexity index is 1160. The van der Waals surface area contributed by atoms with E-state index in [1.807, 2.05) is 30.5 Å². The number of benzene rings is 1. The first-order valence-electron chi connectivity index (χ1n) is 7.84. The number of rotatable bonds is 4. The van der Waals surface area contributed by atoms with E-state index < -0.39 is 5.91 Å². The van der Waals surface area contributed by atoms with E-state index in [9.17, 15) is 4.79 Å². The molecular weight excluding hydrogens is 432 g/mol. The summed E-state index contributed by atoms with van der Waals surface area (Å²) in [4.78, 5) is 25.2. The van der Waals surface area contributed by atoms with Gasteiger partial charge in [-0.15, -0.1) is 16.4 Å². The zero-order valence-electron chi connectivity index (χ0n) is 14.3. The molecule has 0 atom stereocenters. The lowest BCUT2D eigenvalue weighted by molar-refractivity contribution is 0.101. The minimum absolute atomic E-state index is 0.0424. The predicted octanol–water partition coefficient (Wildman–Crippen LogP) is 3.58. The van der Waals surface area contributed by atoms with E-state index in [1.54, 1.807) is 19.4 Å². The summed E-state index contributed by atoms with van der Waals surface area (Å²) in [6.45, 7) is 1.87. The number of hydrogen-bond acceptors (Lipinski definition) is 7. The van der Waals surface area contributed by atoms with Crippen LogP contribution in [0.5, 0.6) is 5.75 Å². The fourth-order valence-electron chi connectivity index (χ4n) is 2.45. The van der Waals surface area contributed by atoms with Crippen LogP contribution in [-0.2, 0) is 0 Å². The van der Waals surface area contributed by atoms with Gasteiger partial charge in [-0.3, -0.25) is 10.1 Å². The maximum Gasteiger partial charge on any atom is 0.297 e. The van der Waals surface area contributed by atoms with Crippen molar-refractivity contribution in [3.8, 4) is 17.0 Å². The molecule has 0 saturated heterocycles. The van der Waals surface area contributed by atoms with Crippen LogP contribution < -0.4 is 10.1 Å². The molecule has 3 aromatic heterocycles. The van der Waals surface area contributed by atoms with Crippen LogP contribution in [0.3, 0.4) is 0 Å². The zero-order chi connectivity index (χ0) is 19.0. The maximum absolute atomic E-state index is 12.4. The van der Waals surface area contributed by atoms with Gasteiger partial charge >= 0.3 is 0 Å². The van der Waals surface area contributed by atoms with Crippen molar-refractivity contribution in [3.63, 3.8) is 0 Å². The molecule has 0 bridgehead atoms. The van der Waals surface area contributed by atoms with Crippen molar-refractivity contribution in [3.05, 3.63) is 51.8 Å². The summed E-state index contributed by atoms with van der Waals surface area (Å²) < 4.78 is 7.59. The molecule has 1 aromatic carbocycles. The van der Waals surface area contributed by atoms with Crippen LogP contribution >= 0.6 is 27.3 Å². The third kappa shape index (κ3) is 3.40. The van der Waals surface area contributed by atoms with Gasteiger partial charge in [0.25, 0.3) is 11.7 Å². The molecule has 0 radical (unpaired) electrons. The molecule has 136 valence electrons. The van der Waals surface area contributed by atoms with E-state index in [-0.39, 0.29) is 5.82 Å². The molecule has 0 aliphatic heterocycles. The van der Waals surface area contributed by atoms with Gasteiger partial charge in [0.1, 0.15) is 5.75 Å². The second-order valence-corrected chi connectivity index (χ2v) is 7.29. The highest BCUT2D eigenvalue weighted by atomic mass is 79.9.